The first-order chi connectivity index (χ1) is 9.43. The molecule has 1 aromatic carbocycles. The first kappa shape index (κ1) is 16.3. The van der Waals surface area contributed by atoms with E-state index in [-0.39, 0.29) is 5.82 Å². The van der Waals surface area contributed by atoms with Gasteiger partial charge in [-0.15, -0.1) is 0 Å². The lowest BCUT2D eigenvalue weighted by atomic mass is 10.2. The topological polar surface area (TPSA) is 78.4 Å². The third-order valence-electron chi connectivity index (χ3n) is 2.63. The molecule has 0 aliphatic carbocycles. The summed E-state index contributed by atoms with van der Waals surface area (Å²) in [5.41, 5.74) is 0.815. The molecule has 0 spiro atoms. The molecule has 1 atom stereocenters. The molecule has 0 saturated heterocycles. The van der Waals surface area contributed by atoms with Crippen LogP contribution in [0.5, 0.6) is 0 Å². The molecule has 0 fully saturated rings. The molecule has 0 aliphatic rings. The smallest absolute Gasteiger partial charge is 0.326 e. The lowest BCUT2D eigenvalue weighted by molar-refractivity contribution is -0.139. The number of carbonyl (C=O) groups excluding carboxylic acids is 1. The number of carbonyl (C=O) groups is 2. The van der Waals surface area contributed by atoms with Crippen molar-refractivity contribution < 1.29 is 19.1 Å². The first-order valence-corrected chi connectivity index (χ1v) is 7.39. The van der Waals surface area contributed by atoms with Gasteiger partial charge in [-0.25, -0.2) is 14.0 Å². The third kappa shape index (κ3) is 5.08. The highest BCUT2D eigenvalue weighted by atomic mass is 32.2. The summed E-state index contributed by atoms with van der Waals surface area (Å²) in [5, 5.41) is 13.9. The number of carboxylic acid groups (broad SMARTS) is 1. The molecule has 2 amide bonds. The monoisotopic (exact) mass is 300 g/mol. The van der Waals surface area contributed by atoms with Gasteiger partial charge < -0.3 is 15.7 Å². The predicted octanol–water partition coefficient (Wildman–Crippen LogP) is 2.46. The lowest BCUT2D eigenvalue weighted by Crippen LogP contribution is -2.43. The van der Waals surface area contributed by atoms with Crippen molar-refractivity contribution in [3.8, 4) is 0 Å². The fourth-order valence-electron chi connectivity index (χ4n) is 1.54. The zero-order valence-corrected chi connectivity index (χ0v) is 12.1. The van der Waals surface area contributed by atoms with E-state index in [1.54, 1.807) is 6.92 Å². The number of amides is 2. The van der Waals surface area contributed by atoms with Gasteiger partial charge in [-0.05, 0) is 49.1 Å². The van der Waals surface area contributed by atoms with Gasteiger partial charge in [0.25, 0.3) is 0 Å². The maximum absolute atomic E-state index is 13.1. The average molecular weight is 300 g/mol. The molecule has 0 heterocycles. The van der Waals surface area contributed by atoms with E-state index in [1.165, 1.54) is 30.0 Å². The summed E-state index contributed by atoms with van der Waals surface area (Å²) in [6.45, 7) is 1.58. The van der Waals surface area contributed by atoms with Crippen LogP contribution in [0, 0.1) is 12.7 Å². The molecule has 5 nitrogen and oxygen atoms in total. The van der Waals surface area contributed by atoms with E-state index in [2.05, 4.69) is 10.6 Å². The fraction of sp³-hybridized carbons (Fsp3) is 0.385. The summed E-state index contributed by atoms with van der Waals surface area (Å²) in [7, 11) is 0. The van der Waals surface area contributed by atoms with Gasteiger partial charge in [-0.1, -0.05) is 0 Å². The van der Waals surface area contributed by atoms with Crippen molar-refractivity contribution in [2.75, 3.05) is 17.3 Å². The summed E-state index contributed by atoms with van der Waals surface area (Å²) < 4.78 is 13.1. The highest BCUT2D eigenvalue weighted by molar-refractivity contribution is 7.98. The molecule has 1 rings (SSSR count). The summed E-state index contributed by atoms with van der Waals surface area (Å²) in [5.74, 6) is -0.809. The average Bonchev–Trinajstić information content (AvgIpc) is 2.38. The summed E-state index contributed by atoms with van der Waals surface area (Å²) in [4.78, 5) is 22.7. The van der Waals surface area contributed by atoms with Crippen LogP contribution in [0.15, 0.2) is 18.2 Å². The number of carboxylic acids is 1. The van der Waals surface area contributed by atoms with Gasteiger partial charge in [0.2, 0.25) is 0 Å². The standard InChI is InChI=1S/C13H17FN2O3S/c1-8-7-9(3-4-10(8)14)15-13(19)16-11(12(17)18)5-6-20-2/h3-4,7,11H,5-6H2,1-2H3,(H,17,18)(H2,15,16,19). The van der Waals surface area contributed by atoms with E-state index in [9.17, 15) is 14.0 Å². The van der Waals surface area contributed by atoms with E-state index in [1.807, 2.05) is 6.26 Å². The number of nitrogens with one attached hydrogen (secondary N) is 2. The van der Waals surface area contributed by atoms with Gasteiger partial charge in [0.15, 0.2) is 0 Å². The van der Waals surface area contributed by atoms with E-state index < -0.39 is 18.0 Å². The highest BCUT2D eigenvalue weighted by Gasteiger charge is 2.19. The largest absolute Gasteiger partial charge is 0.480 e. The van der Waals surface area contributed by atoms with Crippen molar-refractivity contribution in [3.63, 3.8) is 0 Å². The number of rotatable bonds is 6. The minimum atomic E-state index is -1.08. The Bertz CT molecular complexity index is 497. The van der Waals surface area contributed by atoms with Gasteiger partial charge >= 0.3 is 12.0 Å². The van der Waals surface area contributed by atoms with Crippen molar-refractivity contribution in [1.82, 2.24) is 5.32 Å². The minimum Gasteiger partial charge on any atom is -0.480 e. The van der Waals surface area contributed by atoms with Crippen molar-refractivity contribution in [1.29, 1.82) is 0 Å². The maximum Gasteiger partial charge on any atom is 0.326 e. The van der Waals surface area contributed by atoms with Crippen LogP contribution in [0.25, 0.3) is 0 Å². The summed E-state index contributed by atoms with van der Waals surface area (Å²) >= 11 is 1.51. The molecule has 1 unspecified atom stereocenters. The number of urea groups is 1. The van der Waals surface area contributed by atoms with Gasteiger partial charge in [-0.3, -0.25) is 0 Å². The SMILES string of the molecule is CSCCC(NC(=O)Nc1ccc(F)c(C)c1)C(=O)O. The van der Waals surface area contributed by atoms with Crippen LogP contribution in [0.1, 0.15) is 12.0 Å². The van der Waals surface area contributed by atoms with Crippen LogP contribution in [0.2, 0.25) is 0 Å². The number of aliphatic carboxylic acids is 1. The van der Waals surface area contributed by atoms with Crippen molar-refractivity contribution in [2.45, 2.75) is 19.4 Å². The molecule has 0 aliphatic heterocycles. The van der Waals surface area contributed by atoms with Gasteiger partial charge in [0.1, 0.15) is 11.9 Å². The third-order valence-corrected chi connectivity index (χ3v) is 3.27. The number of aryl methyl sites for hydroxylation is 1. The van der Waals surface area contributed by atoms with E-state index >= 15 is 0 Å². The molecule has 110 valence electrons. The normalized spacial score (nSPS) is 11.8. The Kier molecular flexibility index (Phi) is 6.30. The van der Waals surface area contributed by atoms with Crippen molar-refractivity contribution in [3.05, 3.63) is 29.6 Å². The molecule has 20 heavy (non-hydrogen) atoms. The van der Waals surface area contributed by atoms with E-state index in [0.717, 1.165) is 0 Å². The molecular weight excluding hydrogens is 283 g/mol. The predicted molar refractivity (Wildman–Crippen MR) is 77.7 cm³/mol. The van der Waals surface area contributed by atoms with Gasteiger partial charge in [-0.2, -0.15) is 11.8 Å². The van der Waals surface area contributed by atoms with Crippen LogP contribution < -0.4 is 10.6 Å². The minimum absolute atomic E-state index is 0.340. The number of hydrogen-bond acceptors (Lipinski definition) is 3. The Hall–Kier alpha value is -1.76. The molecule has 0 aromatic heterocycles. The highest BCUT2D eigenvalue weighted by Crippen LogP contribution is 2.13. The molecule has 0 saturated carbocycles. The second kappa shape index (κ2) is 7.74. The molecule has 7 heteroatoms. The summed E-state index contributed by atoms with van der Waals surface area (Å²) in [6, 6.07) is 2.58. The van der Waals surface area contributed by atoms with Crippen LogP contribution >= 0.6 is 11.8 Å². The van der Waals surface area contributed by atoms with Crippen LogP contribution in [0.3, 0.4) is 0 Å². The Morgan fingerprint density at radius 2 is 2.15 bits per heavy atom. The molecule has 3 N–H and O–H groups in total. The second-order valence-corrected chi connectivity index (χ2v) is 5.22. The number of halogens is 1. The Labute approximate surface area is 120 Å². The fourth-order valence-corrected chi connectivity index (χ4v) is 2.01. The van der Waals surface area contributed by atoms with E-state index in [4.69, 9.17) is 5.11 Å². The first-order valence-electron chi connectivity index (χ1n) is 5.99. The van der Waals surface area contributed by atoms with E-state index in [0.29, 0.717) is 23.4 Å². The summed E-state index contributed by atoms with van der Waals surface area (Å²) in [6.07, 6.45) is 2.20. The van der Waals surface area contributed by atoms with Gasteiger partial charge in [0, 0.05) is 5.69 Å². The Morgan fingerprint density at radius 3 is 2.70 bits per heavy atom. The van der Waals surface area contributed by atoms with Crippen LogP contribution in [-0.2, 0) is 4.79 Å². The second-order valence-electron chi connectivity index (χ2n) is 4.23. The van der Waals surface area contributed by atoms with Crippen LogP contribution in [-0.4, -0.2) is 35.2 Å². The zero-order valence-electron chi connectivity index (χ0n) is 11.3. The molecule has 0 bridgehead atoms. The maximum atomic E-state index is 13.1. The number of benzene rings is 1. The molecule has 0 radical (unpaired) electrons. The van der Waals surface area contributed by atoms with Crippen molar-refractivity contribution in [2.24, 2.45) is 0 Å². The number of thioether (sulfide) groups is 1. The zero-order chi connectivity index (χ0) is 15.1. The number of hydrogen-bond donors (Lipinski definition) is 3. The molecule has 1 aromatic rings. The molecular formula is C13H17FN2O3S. The Morgan fingerprint density at radius 1 is 1.45 bits per heavy atom. The van der Waals surface area contributed by atoms with Crippen LogP contribution in [0.4, 0.5) is 14.9 Å². The quantitative estimate of drug-likeness (QED) is 0.754. The Balaban J connectivity index is 2.60. The lowest BCUT2D eigenvalue weighted by Gasteiger charge is -2.15. The number of anilines is 1. The van der Waals surface area contributed by atoms with Crippen molar-refractivity contribution >= 4 is 29.4 Å². The van der Waals surface area contributed by atoms with Gasteiger partial charge in [0.05, 0.1) is 0 Å².